The number of hydrogen-bond donors (Lipinski definition) is 1. The van der Waals surface area contributed by atoms with E-state index in [1.165, 1.54) is 0 Å². The Morgan fingerprint density at radius 3 is 3.15 bits per heavy atom. The molecule has 2 rings (SSSR count). The molecule has 1 aromatic heterocycles. The molecule has 68 valence electrons. The van der Waals surface area contributed by atoms with Gasteiger partial charge in [-0.1, -0.05) is 0 Å². The van der Waals surface area contributed by atoms with E-state index in [4.69, 9.17) is 4.42 Å². The van der Waals surface area contributed by atoms with E-state index in [-0.39, 0.29) is 5.91 Å². The predicted octanol–water partition coefficient (Wildman–Crippen LogP) is 1.57. The molecular weight excluding hydrogens is 166 g/mol. The molecule has 0 radical (unpaired) electrons. The Bertz CT molecular complexity index is 325. The topological polar surface area (TPSA) is 42.2 Å². The van der Waals surface area contributed by atoms with E-state index in [0.29, 0.717) is 0 Å². The van der Waals surface area contributed by atoms with Crippen molar-refractivity contribution in [2.45, 2.75) is 12.8 Å². The van der Waals surface area contributed by atoms with Gasteiger partial charge < -0.3 is 9.73 Å². The van der Waals surface area contributed by atoms with Crippen LogP contribution in [-0.2, 0) is 4.79 Å². The second-order valence-electron chi connectivity index (χ2n) is 3.04. The Morgan fingerprint density at radius 2 is 2.46 bits per heavy atom. The smallest absolute Gasteiger partial charge is 0.247 e. The number of carbonyl (C=O) groups excluding carboxylic acids is 1. The van der Waals surface area contributed by atoms with Crippen molar-refractivity contribution in [1.82, 2.24) is 5.32 Å². The maximum atomic E-state index is 11.3. The summed E-state index contributed by atoms with van der Waals surface area (Å²) in [6.45, 7) is 0.786. The van der Waals surface area contributed by atoms with Crippen LogP contribution < -0.4 is 5.32 Å². The third kappa shape index (κ3) is 1.80. The van der Waals surface area contributed by atoms with Gasteiger partial charge in [0.1, 0.15) is 5.76 Å². The highest BCUT2D eigenvalue weighted by atomic mass is 16.3. The van der Waals surface area contributed by atoms with Crippen LogP contribution in [0.5, 0.6) is 0 Å². The molecule has 1 N–H and O–H groups in total. The number of carbonyl (C=O) groups is 1. The number of piperidine rings is 1. The van der Waals surface area contributed by atoms with Crippen LogP contribution >= 0.6 is 0 Å². The molecule has 0 bridgehead atoms. The van der Waals surface area contributed by atoms with E-state index in [1.54, 1.807) is 12.3 Å². The van der Waals surface area contributed by atoms with Gasteiger partial charge >= 0.3 is 0 Å². The summed E-state index contributed by atoms with van der Waals surface area (Å²) < 4.78 is 5.13. The van der Waals surface area contributed by atoms with Gasteiger partial charge in [-0.2, -0.15) is 0 Å². The quantitative estimate of drug-likeness (QED) is 0.661. The zero-order valence-electron chi connectivity index (χ0n) is 7.25. The summed E-state index contributed by atoms with van der Waals surface area (Å²) in [4.78, 5) is 11.3. The summed E-state index contributed by atoms with van der Waals surface area (Å²) >= 11 is 0. The third-order valence-corrected chi connectivity index (χ3v) is 2.06. The van der Waals surface area contributed by atoms with Gasteiger partial charge in [0.15, 0.2) is 0 Å². The minimum atomic E-state index is 0.0302. The first kappa shape index (κ1) is 8.10. The Hall–Kier alpha value is -1.51. The number of rotatable bonds is 1. The SMILES string of the molecule is O=C1NCCCC1=Cc1ccco1. The molecule has 0 spiro atoms. The lowest BCUT2D eigenvalue weighted by molar-refractivity contribution is -0.118. The summed E-state index contributed by atoms with van der Waals surface area (Å²) in [5.41, 5.74) is 0.807. The van der Waals surface area contributed by atoms with Crippen LogP contribution in [-0.4, -0.2) is 12.5 Å². The summed E-state index contributed by atoms with van der Waals surface area (Å²) in [5.74, 6) is 0.773. The molecule has 0 aromatic carbocycles. The zero-order valence-corrected chi connectivity index (χ0v) is 7.25. The van der Waals surface area contributed by atoms with Crippen molar-refractivity contribution in [3.8, 4) is 0 Å². The molecule has 0 atom stereocenters. The molecule has 1 amide bonds. The maximum Gasteiger partial charge on any atom is 0.247 e. The van der Waals surface area contributed by atoms with Gasteiger partial charge in [-0.15, -0.1) is 0 Å². The molecule has 2 heterocycles. The number of hydrogen-bond acceptors (Lipinski definition) is 2. The second-order valence-corrected chi connectivity index (χ2v) is 3.04. The van der Waals surface area contributed by atoms with Crippen LogP contribution in [0.3, 0.4) is 0 Å². The largest absolute Gasteiger partial charge is 0.465 e. The minimum absolute atomic E-state index is 0.0302. The molecular formula is C10H11NO2. The van der Waals surface area contributed by atoms with Crippen molar-refractivity contribution in [2.24, 2.45) is 0 Å². The first-order valence-corrected chi connectivity index (χ1v) is 4.38. The Balaban J connectivity index is 2.19. The van der Waals surface area contributed by atoms with Crippen LogP contribution in [0.25, 0.3) is 6.08 Å². The van der Waals surface area contributed by atoms with Crippen molar-refractivity contribution < 1.29 is 9.21 Å². The molecule has 1 saturated heterocycles. The van der Waals surface area contributed by atoms with E-state index in [9.17, 15) is 4.79 Å². The molecule has 1 aromatic rings. The van der Waals surface area contributed by atoms with Crippen LogP contribution in [0.2, 0.25) is 0 Å². The van der Waals surface area contributed by atoms with E-state index in [1.807, 2.05) is 12.1 Å². The molecule has 1 aliphatic heterocycles. The van der Waals surface area contributed by atoms with E-state index in [2.05, 4.69) is 5.32 Å². The van der Waals surface area contributed by atoms with Crippen molar-refractivity contribution in [3.63, 3.8) is 0 Å². The Kier molecular flexibility index (Phi) is 2.17. The fourth-order valence-electron chi connectivity index (χ4n) is 1.39. The third-order valence-electron chi connectivity index (χ3n) is 2.06. The van der Waals surface area contributed by atoms with Crippen molar-refractivity contribution in [2.75, 3.05) is 6.54 Å². The summed E-state index contributed by atoms with van der Waals surface area (Å²) in [6.07, 6.45) is 5.26. The molecule has 0 unspecified atom stereocenters. The first-order chi connectivity index (χ1) is 6.36. The molecule has 0 saturated carbocycles. The predicted molar refractivity (Wildman–Crippen MR) is 48.9 cm³/mol. The van der Waals surface area contributed by atoms with Gasteiger partial charge in [0, 0.05) is 12.1 Å². The van der Waals surface area contributed by atoms with Gasteiger partial charge in [-0.25, -0.2) is 0 Å². The van der Waals surface area contributed by atoms with Crippen LogP contribution in [0.15, 0.2) is 28.4 Å². The standard InChI is InChI=1S/C10H11NO2/c12-10-8(3-1-5-11-10)7-9-4-2-6-13-9/h2,4,6-7H,1,3,5H2,(H,11,12). The average Bonchev–Trinajstić information content (AvgIpc) is 2.61. The monoisotopic (exact) mass is 177 g/mol. The first-order valence-electron chi connectivity index (χ1n) is 4.38. The van der Waals surface area contributed by atoms with Gasteiger partial charge in [0.2, 0.25) is 5.91 Å². The molecule has 0 aliphatic carbocycles. The summed E-state index contributed by atoms with van der Waals surface area (Å²) in [7, 11) is 0. The lowest BCUT2D eigenvalue weighted by Gasteiger charge is -2.13. The van der Waals surface area contributed by atoms with Gasteiger partial charge in [0.25, 0.3) is 0 Å². The van der Waals surface area contributed by atoms with Gasteiger partial charge in [-0.3, -0.25) is 4.79 Å². The highest BCUT2D eigenvalue weighted by Crippen LogP contribution is 2.14. The lowest BCUT2D eigenvalue weighted by Crippen LogP contribution is -2.30. The minimum Gasteiger partial charge on any atom is -0.465 e. The molecule has 3 nitrogen and oxygen atoms in total. The molecule has 1 fully saturated rings. The zero-order chi connectivity index (χ0) is 9.10. The fraction of sp³-hybridized carbons (Fsp3) is 0.300. The van der Waals surface area contributed by atoms with Gasteiger partial charge in [0.05, 0.1) is 6.26 Å². The van der Waals surface area contributed by atoms with E-state index in [0.717, 1.165) is 30.7 Å². The van der Waals surface area contributed by atoms with E-state index >= 15 is 0 Å². The van der Waals surface area contributed by atoms with Crippen molar-refractivity contribution in [1.29, 1.82) is 0 Å². The summed E-state index contributed by atoms with van der Waals surface area (Å²) in [6, 6.07) is 3.65. The molecule has 13 heavy (non-hydrogen) atoms. The molecule has 3 heteroatoms. The second kappa shape index (κ2) is 3.47. The lowest BCUT2D eigenvalue weighted by atomic mass is 10.1. The average molecular weight is 177 g/mol. The highest BCUT2D eigenvalue weighted by Gasteiger charge is 2.13. The van der Waals surface area contributed by atoms with Gasteiger partial charge in [-0.05, 0) is 31.1 Å². The Morgan fingerprint density at radius 1 is 1.54 bits per heavy atom. The van der Waals surface area contributed by atoms with Crippen LogP contribution in [0.4, 0.5) is 0 Å². The van der Waals surface area contributed by atoms with Crippen molar-refractivity contribution >= 4 is 12.0 Å². The normalized spacial score (nSPS) is 20.3. The van der Waals surface area contributed by atoms with E-state index < -0.39 is 0 Å². The number of nitrogens with one attached hydrogen (secondary N) is 1. The number of furan rings is 1. The van der Waals surface area contributed by atoms with Crippen molar-refractivity contribution in [3.05, 3.63) is 29.7 Å². The highest BCUT2D eigenvalue weighted by molar-refractivity contribution is 5.98. The molecule has 1 aliphatic rings. The number of amides is 1. The summed E-state index contributed by atoms with van der Waals surface area (Å²) in [5, 5.41) is 2.80. The Labute approximate surface area is 76.4 Å². The van der Waals surface area contributed by atoms with Crippen LogP contribution in [0.1, 0.15) is 18.6 Å². The maximum absolute atomic E-state index is 11.3. The van der Waals surface area contributed by atoms with Crippen LogP contribution in [0, 0.1) is 0 Å². The fourth-order valence-corrected chi connectivity index (χ4v) is 1.39.